The number of thioether (sulfide) groups is 2. The number of hydrogen-bond acceptors (Lipinski definition) is 7. The maximum absolute atomic E-state index is 13.1. The van der Waals surface area contributed by atoms with Crippen molar-refractivity contribution in [1.29, 1.82) is 0 Å². The number of aryl methyl sites for hydroxylation is 1. The smallest absolute Gasteiger partial charge is 0.272 e. The van der Waals surface area contributed by atoms with Crippen molar-refractivity contribution in [3.63, 3.8) is 0 Å². The summed E-state index contributed by atoms with van der Waals surface area (Å²) in [5.74, 6) is 0.747. The molecule has 1 aliphatic heterocycles. The van der Waals surface area contributed by atoms with Gasteiger partial charge in [0.15, 0.2) is 5.16 Å². The minimum atomic E-state index is -0.487. The fraction of sp³-hybridized carbons (Fsp3) is 0.227. The Kier molecular flexibility index (Phi) is 6.91. The van der Waals surface area contributed by atoms with Gasteiger partial charge in [-0.25, -0.2) is 4.98 Å². The summed E-state index contributed by atoms with van der Waals surface area (Å²) < 4.78 is 1.43. The molecule has 3 aromatic rings. The lowest BCUT2D eigenvalue weighted by Gasteiger charge is -2.13. The van der Waals surface area contributed by atoms with Gasteiger partial charge in [0.25, 0.3) is 11.2 Å². The second-order valence-electron chi connectivity index (χ2n) is 7.06. The second kappa shape index (κ2) is 10.0. The first kappa shape index (κ1) is 22.1. The molecule has 0 unspecified atom stereocenters. The highest BCUT2D eigenvalue weighted by Gasteiger charge is 2.23. The van der Waals surface area contributed by atoms with E-state index in [1.165, 1.54) is 52.4 Å². The van der Waals surface area contributed by atoms with E-state index in [1.807, 2.05) is 30.3 Å². The number of nitrogens with zero attached hydrogens (tertiary/aromatic N) is 3. The fourth-order valence-corrected chi connectivity index (χ4v) is 5.20. The van der Waals surface area contributed by atoms with Crippen molar-refractivity contribution in [2.24, 2.45) is 0 Å². The van der Waals surface area contributed by atoms with Crippen LogP contribution in [0.1, 0.15) is 11.3 Å². The van der Waals surface area contributed by atoms with Crippen molar-refractivity contribution in [3.05, 3.63) is 86.3 Å². The molecule has 0 saturated carbocycles. The molecule has 1 amide bonds. The van der Waals surface area contributed by atoms with Gasteiger partial charge in [-0.3, -0.25) is 24.3 Å². The zero-order valence-electron chi connectivity index (χ0n) is 17.0. The summed E-state index contributed by atoms with van der Waals surface area (Å²) in [7, 11) is 0. The number of fused-ring (bicyclic) bond motifs is 1. The molecule has 0 bridgehead atoms. The number of amides is 1. The molecule has 1 aromatic heterocycles. The molecule has 1 N–H and O–H groups in total. The number of carbonyl (C=O) groups excluding carboxylic acids is 1. The standard InChI is InChI=1S/C22H20N4O4S2/c27-19(23-12-10-15-4-2-1-3-5-15)14-32-22-24-18-11-13-31-20(18)21(28)25(22)16-6-8-17(9-7-16)26(29)30/h1-9H,10-14H2,(H,23,27). The molecule has 10 heteroatoms. The summed E-state index contributed by atoms with van der Waals surface area (Å²) in [5.41, 5.74) is 2.10. The summed E-state index contributed by atoms with van der Waals surface area (Å²) in [6.45, 7) is 0.521. The largest absolute Gasteiger partial charge is 0.355 e. The van der Waals surface area contributed by atoms with E-state index in [0.29, 0.717) is 28.7 Å². The monoisotopic (exact) mass is 468 g/mol. The highest BCUT2D eigenvalue weighted by atomic mass is 32.2. The van der Waals surface area contributed by atoms with Gasteiger partial charge in [-0.1, -0.05) is 42.1 Å². The quantitative estimate of drug-likeness (QED) is 0.234. The molecule has 0 fully saturated rings. The molecule has 0 atom stereocenters. The highest BCUT2D eigenvalue weighted by molar-refractivity contribution is 8.00. The number of hydrogen-bond donors (Lipinski definition) is 1. The highest BCUT2D eigenvalue weighted by Crippen LogP contribution is 2.30. The van der Waals surface area contributed by atoms with Crippen LogP contribution < -0.4 is 10.9 Å². The zero-order valence-corrected chi connectivity index (χ0v) is 18.7. The van der Waals surface area contributed by atoms with Gasteiger partial charge in [0, 0.05) is 30.9 Å². The van der Waals surface area contributed by atoms with Crippen LogP contribution in [0.25, 0.3) is 5.69 Å². The number of non-ortho nitro benzene ring substituents is 1. The molecule has 0 aliphatic carbocycles. The SMILES string of the molecule is O=C(CSc1nc2c(c(=O)n1-c1ccc([N+](=O)[O-])cc1)SCC2)NCCc1ccccc1. The maximum Gasteiger partial charge on any atom is 0.272 e. The van der Waals surface area contributed by atoms with Crippen molar-refractivity contribution in [2.75, 3.05) is 18.1 Å². The normalized spacial score (nSPS) is 12.4. The minimum Gasteiger partial charge on any atom is -0.355 e. The molecule has 0 spiro atoms. The van der Waals surface area contributed by atoms with E-state index in [0.717, 1.165) is 23.4 Å². The topological polar surface area (TPSA) is 107 Å². The Balaban J connectivity index is 1.50. The van der Waals surface area contributed by atoms with Crippen LogP contribution >= 0.6 is 23.5 Å². The van der Waals surface area contributed by atoms with Crippen molar-refractivity contribution in [1.82, 2.24) is 14.9 Å². The summed E-state index contributed by atoms with van der Waals surface area (Å²) in [4.78, 5) is 41.2. The van der Waals surface area contributed by atoms with Crippen LogP contribution in [0.5, 0.6) is 0 Å². The van der Waals surface area contributed by atoms with Crippen molar-refractivity contribution in [2.45, 2.75) is 22.9 Å². The average Bonchev–Trinajstić information content (AvgIpc) is 3.28. The number of carbonyl (C=O) groups is 1. The molecular formula is C22H20N4O4S2. The van der Waals surface area contributed by atoms with E-state index in [9.17, 15) is 19.7 Å². The molecule has 1 aliphatic rings. The van der Waals surface area contributed by atoms with Crippen molar-refractivity contribution in [3.8, 4) is 5.69 Å². The first-order valence-corrected chi connectivity index (χ1v) is 12.0. The Hall–Kier alpha value is -3.11. The Bertz CT molecular complexity index is 1200. The molecule has 0 radical (unpaired) electrons. The van der Waals surface area contributed by atoms with Crippen LogP contribution in [0, 0.1) is 10.1 Å². The Morgan fingerprint density at radius 3 is 2.66 bits per heavy atom. The summed E-state index contributed by atoms with van der Waals surface area (Å²) in [6, 6.07) is 15.6. The summed E-state index contributed by atoms with van der Waals surface area (Å²) in [5, 5.41) is 14.3. The Morgan fingerprint density at radius 2 is 1.94 bits per heavy atom. The third-order valence-electron chi connectivity index (χ3n) is 4.90. The van der Waals surface area contributed by atoms with Crippen LogP contribution in [-0.2, 0) is 17.6 Å². The van der Waals surface area contributed by atoms with Gasteiger partial charge in [-0.2, -0.15) is 0 Å². The molecule has 32 heavy (non-hydrogen) atoms. The van der Waals surface area contributed by atoms with Crippen molar-refractivity contribution < 1.29 is 9.72 Å². The van der Waals surface area contributed by atoms with Crippen LogP contribution in [-0.4, -0.2) is 38.4 Å². The van der Waals surface area contributed by atoms with E-state index in [4.69, 9.17) is 0 Å². The van der Waals surface area contributed by atoms with Crippen LogP contribution in [0.2, 0.25) is 0 Å². The number of nitro groups is 1. The van der Waals surface area contributed by atoms with Gasteiger partial charge < -0.3 is 5.32 Å². The average molecular weight is 469 g/mol. The van der Waals surface area contributed by atoms with E-state index < -0.39 is 4.92 Å². The molecular weight excluding hydrogens is 448 g/mol. The lowest BCUT2D eigenvalue weighted by Crippen LogP contribution is -2.28. The lowest BCUT2D eigenvalue weighted by atomic mass is 10.1. The number of aromatic nitrogens is 2. The molecule has 4 rings (SSSR count). The number of nitrogens with one attached hydrogen (secondary N) is 1. The van der Waals surface area contributed by atoms with Crippen LogP contribution in [0.4, 0.5) is 5.69 Å². The van der Waals surface area contributed by atoms with Gasteiger partial charge in [0.2, 0.25) is 5.91 Å². The number of rotatable bonds is 8. The second-order valence-corrected chi connectivity index (χ2v) is 9.10. The maximum atomic E-state index is 13.1. The Labute approximate surface area is 192 Å². The zero-order chi connectivity index (χ0) is 22.5. The molecule has 2 heterocycles. The van der Waals surface area contributed by atoms with E-state index in [-0.39, 0.29) is 22.9 Å². The molecule has 2 aromatic carbocycles. The third-order valence-corrected chi connectivity index (χ3v) is 6.94. The van der Waals surface area contributed by atoms with Gasteiger partial charge >= 0.3 is 0 Å². The first-order chi connectivity index (χ1) is 15.5. The van der Waals surface area contributed by atoms with Crippen molar-refractivity contribution >= 4 is 35.1 Å². The minimum absolute atomic E-state index is 0.0581. The molecule has 164 valence electrons. The van der Waals surface area contributed by atoms with Gasteiger partial charge in [-0.05, 0) is 24.1 Å². The summed E-state index contributed by atoms with van der Waals surface area (Å²) in [6.07, 6.45) is 1.44. The van der Waals surface area contributed by atoms with E-state index >= 15 is 0 Å². The van der Waals surface area contributed by atoms with E-state index in [1.54, 1.807) is 0 Å². The third kappa shape index (κ3) is 5.03. The Morgan fingerprint density at radius 1 is 1.19 bits per heavy atom. The molecule has 0 saturated heterocycles. The predicted octanol–water partition coefficient (Wildman–Crippen LogP) is 3.24. The predicted molar refractivity (Wildman–Crippen MR) is 125 cm³/mol. The van der Waals surface area contributed by atoms with Gasteiger partial charge in [0.1, 0.15) is 0 Å². The number of nitro benzene ring substituents is 1. The van der Waals surface area contributed by atoms with Crippen LogP contribution in [0.15, 0.2) is 69.4 Å². The lowest BCUT2D eigenvalue weighted by molar-refractivity contribution is -0.384. The van der Waals surface area contributed by atoms with E-state index in [2.05, 4.69) is 10.3 Å². The first-order valence-electron chi connectivity index (χ1n) is 10.00. The van der Waals surface area contributed by atoms with Gasteiger partial charge in [-0.15, -0.1) is 11.8 Å². The van der Waals surface area contributed by atoms with Gasteiger partial charge in [0.05, 0.1) is 27.0 Å². The number of benzene rings is 2. The summed E-state index contributed by atoms with van der Waals surface area (Å²) >= 11 is 2.64. The fourth-order valence-electron chi connectivity index (χ4n) is 3.31. The van der Waals surface area contributed by atoms with Crippen LogP contribution in [0.3, 0.4) is 0 Å². The molecule has 8 nitrogen and oxygen atoms in total.